The molecule has 2 atom stereocenters. The van der Waals surface area contributed by atoms with Gasteiger partial charge in [0.05, 0.1) is 39.8 Å². The monoisotopic (exact) mass is 457 g/mol. The summed E-state index contributed by atoms with van der Waals surface area (Å²) in [6.45, 7) is 7.29. The highest BCUT2D eigenvalue weighted by molar-refractivity contribution is 6.34. The zero-order chi connectivity index (χ0) is 23.4. The Morgan fingerprint density at radius 1 is 1.06 bits per heavy atom. The van der Waals surface area contributed by atoms with E-state index in [9.17, 15) is 18.4 Å². The molecule has 0 fully saturated rings. The molecule has 1 aliphatic rings. The van der Waals surface area contributed by atoms with Gasteiger partial charge in [0.15, 0.2) is 0 Å². The van der Waals surface area contributed by atoms with Crippen LogP contribution >= 0.6 is 11.6 Å². The number of halogens is 4. The van der Waals surface area contributed by atoms with Crippen LogP contribution in [0.5, 0.6) is 0 Å². The third-order valence-corrected chi connectivity index (χ3v) is 7.02. The summed E-state index contributed by atoms with van der Waals surface area (Å²) in [4.78, 5) is 4.49. The van der Waals surface area contributed by atoms with Crippen LogP contribution in [0.4, 0.5) is 18.9 Å². The smallest absolute Gasteiger partial charge is 0.376 e. The van der Waals surface area contributed by atoms with Crippen LogP contribution < -0.4 is 5.32 Å². The van der Waals surface area contributed by atoms with E-state index in [2.05, 4.69) is 16.4 Å². The van der Waals surface area contributed by atoms with Crippen molar-refractivity contribution >= 4 is 28.2 Å². The lowest BCUT2D eigenvalue weighted by molar-refractivity contribution is -0.182. The second-order valence-electron chi connectivity index (χ2n) is 8.50. The molecule has 2 aromatic carbocycles. The van der Waals surface area contributed by atoms with E-state index < -0.39 is 18.1 Å². The van der Waals surface area contributed by atoms with Gasteiger partial charge in [-0.3, -0.25) is 4.98 Å². The first kappa shape index (κ1) is 22.4. The molecule has 0 spiro atoms. The van der Waals surface area contributed by atoms with Crippen molar-refractivity contribution in [2.45, 2.75) is 52.8 Å². The predicted octanol–water partition coefficient (Wildman–Crippen LogP) is 7.27. The van der Waals surface area contributed by atoms with Gasteiger partial charge in [-0.25, -0.2) is 0 Å². The summed E-state index contributed by atoms with van der Waals surface area (Å²) >= 11 is 6.49. The summed E-state index contributed by atoms with van der Waals surface area (Å²) in [6.07, 6.45) is -4.16. The fourth-order valence-corrected chi connectivity index (χ4v) is 5.15. The molecule has 0 bridgehead atoms. The number of hydrogen-bond donors (Lipinski definition) is 1. The van der Waals surface area contributed by atoms with Gasteiger partial charge < -0.3 is 5.32 Å². The van der Waals surface area contributed by atoms with Crippen LogP contribution in [0.3, 0.4) is 0 Å². The Hall–Kier alpha value is -2.78. The summed E-state index contributed by atoms with van der Waals surface area (Å²) in [7, 11) is 0. The molecule has 4 rings (SSSR count). The number of alkyl halides is 3. The normalized spacial score (nSPS) is 18.3. The molecule has 1 heterocycles. The fourth-order valence-electron chi connectivity index (χ4n) is 4.94. The SMILES string of the molecule is Cc1ccc2c(NC3c4c(C)c(C)c(C#N)c(C)c4CCC3C(F)(F)F)c(Cl)ccc2n1. The number of fused-ring (bicyclic) bond motifs is 2. The summed E-state index contributed by atoms with van der Waals surface area (Å²) in [5.74, 6) is -1.58. The summed E-state index contributed by atoms with van der Waals surface area (Å²) in [5, 5.41) is 13.8. The van der Waals surface area contributed by atoms with Crippen molar-refractivity contribution in [3.8, 4) is 6.07 Å². The lowest BCUT2D eigenvalue weighted by atomic mass is 9.73. The van der Waals surface area contributed by atoms with E-state index >= 15 is 0 Å². The topological polar surface area (TPSA) is 48.7 Å². The molecule has 166 valence electrons. The average Bonchev–Trinajstić information content (AvgIpc) is 2.73. The summed E-state index contributed by atoms with van der Waals surface area (Å²) < 4.78 is 42.6. The number of aromatic nitrogens is 1. The largest absolute Gasteiger partial charge is 0.394 e. The van der Waals surface area contributed by atoms with Gasteiger partial charge >= 0.3 is 6.18 Å². The quantitative estimate of drug-likeness (QED) is 0.440. The van der Waals surface area contributed by atoms with E-state index in [1.807, 2.05) is 26.0 Å². The first-order valence-corrected chi connectivity index (χ1v) is 10.8. The van der Waals surface area contributed by atoms with Crippen molar-refractivity contribution in [2.75, 3.05) is 5.32 Å². The summed E-state index contributed by atoms with van der Waals surface area (Å²) in [5.41, 5.74) is 6.14. The zero-order valence-corrected chi connectivity index (χ0v) is 19.0. The van der Waals surface area contributed by atoms with Crippen LogP contribution in [0.15, 0.2) is 24.3 Å². The molecule has 1 aromatic heterocycles. The minimum absolute atomic E-state index is 0.0535. The van der Waals surface area contributed by atoms with Crippen LogP contribution in [-0.4, -0.2) is 11.2 Å². The molecular formula is C25H23ClF3N3. The maximum absolute atomic E-state index is 14.2. The van der Waals surface area contributed by atoms with Gasteiger partial charge in [0.1, 0.15) is 0 Å². The number of nitriles is 1. The van der Waals surface area contributed by atoms with Gasteiger partial charge in [0, 0.05) is 11.1 Å². The standard InChI is InChI=1S/C25H23ClF3N3/c1-12-5-6-17-21(31-12)10-9-20(26)23(17)32-24-19(25(27,28)29)8-7-16-15(4)18(11-30)13(2)14(3)22(16)24/h5-6,9-10,19,24,32H,7-8H2,1-4H3. The van der Waals surface area contributed by atoms with Crippen LogP contribution in [-0.2, 0) is 6.42 Å². The van der Waals surface area contributed by atoms with Crippen molar-refractivity contribution in [2.24, 2.45) is 5.92 Å². The second kappa shape index (κ2) is 7.97. The van der Waals surface area contributed by atoms with Crippen molar-refractivity contribution in [3.63, 3.8) is 0 Å². The molecule has 0 radical (unpaired) electrons. The number of aryl methyl sites for hydroxylation is 1. The lowest BCUT2D eigenvalue weighted by Crippen LogP contribution is -2.38. The third-order valence-electron chi connectivity index (χ3n) is 6.70. The van der Waals surface area contributed by atoms with Gasteiger partial charge in [0.2, 0.25) is 0 Å². The highest BCUT2D eigenvalue weighted by atomic mass is 35.5. The first-order valence-electron chi connectivity index (χ1n) is 10.5. The molecule has 0 saturated heterocycles. The van der Waals surface area contributed by atoms with Gasteiger partial charge in [-0.15, -0.1) is 0 Å². The fraction of sp³-hybridized carbons (Fsp3) is 0.360. The van der Waals surface area contributed by atoms with Crippen molar-refractivity contribution in [1.29, 1.82) is 5.26 Å². The van der Waals surface area contributed by atoms with E-state index in [4.69, 9.17) is 11.6 Å². The maximum Gasteiger partial charge on any atom is 0.394 e. The average molecular weight is 458 g/mol. The Morgan fingerprint density at radius 2 is 1.78 bits per heavy atom. The van der Waals surface area contributed by atoms with Crippen LogP contribution in [0.25, 0.3) is 10.9 Å². The Labute approximate surface area is 190 Å². The minimum Gasteiger partial charge on any atom is -0.376 e. The van der Waals surface area contributed by atoms with Crippen LogP contribution in [0.1, 0.15) is 51.5 Å². The number of anilines is 1. The number of nitrogens with one attached hydrogen (secondary N) is 1. The van der Waals surface area contributed by atoms with Crippen molar-refractivity contribution in [1.82, 2.24) is 4.98 Å². The number of benzene rings is 2. The number of hydrogen-bond acceptors (Lipinski definition) is 3. The van der Waals surface area contributed by atoms with Crippen molar-refractivity contribution < 1.29 is 13.2 Å². The van der Waals surface area contributed by atoms with Crippen LogP contribution in [0, 0.1) is 44.9 Å². The van der Waals surface area contributed by atoms with E-state index in [0.717, 1.165) is 27.9 Å². The van der Waals surface area contributed by atoms with Crippen molar-refractivity contribution in [3.05, 3.63) is 68.4 Å². The Bertz CT molecular complexity index is 1270. The molecule has 3 nitrogen and oxygen atoms in total. The second-order valence-corrected chi connectivity index (χ2v) is 8.91. The Morgan fingerprint density at radius 3 is 2.44 bits per heavy atom. The molecule has 3 aromatic rings. The summed E-state index contributed by atoms with van der Waals surface area (Å²) in [6, 6.07) is 8.29. The molecule has 0 saturated carbocycles. The molecule has 32 heavy (non-hydrogen) atoms. The first-order chi connectivity index (χ1) is 15.0. The number of rotatable bonds is 2. The maximum atomic E-state index is 14.2. The van der Waals surface area contributed by atoms with E-state index in [0.29, 0.717) is 32.7 Å². The molecule has 1 N–H and O–H groups in total. The highest BCUT2D eigenvalue weighted by Gasteiger charge is 2.48. The molecule has 0 aliphatic heterocycles. The number of pyridine rings is 1. The minimum atomic E-state index is -4.39. The van der Waals surface area contributed by atoms with E-state index in [1.165, 1.54) is 0 Å². The molecule has 0 amide bonds. The van der Waals surface area contributed by atoms with Gasteiger partial charge in [-0.2, -0.15) is 18.4 Å². The van der Waals surface area contributed by atoms with Gasteiger partial charge in [-0.05, 0) is 92.6 Å². The molecular weight excluding hydrogens is 435 g/mol. The molecule has 2 unspecified atom stereocenters. The highest BCUT2D eigenvalue weighted by Crippen LogP contribution is 2.49. The van der Waals surface area contributed by atoms with Gasteiger partial charge in [0.25, 0.3) is 0 Å². The van der Waals surface area contributed by atoms with E-state index in [1.54, 1.807) is 26.0 Å². The Kier molecular flexibility index (Phi) is 5.58. The van der Waals surface area contributed by atoms with E-state index in [-0.39, 0.29) is 12.8 Å². The number of nitrogens with zero attached hydrogens (tertiary/aromatic N) is 2. The Balaban J connectivity index is 1.96. The molecule has 7 heteroatoms. The predicted molar refractivity (Wildman–Crippen MR) is 121 cm³/mol. The molecule has 1 aliphatic carbocycles. The third kappa shape index (κ3) is 3.59. The van der Waals surface area contributed by atoms with Crippen LogP contribution in [0.2, 0.25) is 5.02 Å². The van der Waals surface area contributed by atoms with Gasteiger partial charge in [-0.1, -0.05) is 11.6 Å². The zero-order valence-electron chi connectivity index (χ0n) is 18.3. The lowest BCUT2D eigenvalue weighted by Gasteiger charge is -2.38.